The third kappa shape index (κ3) is 1.91. The van der Waals surface area contributed by atoms with E-state index in [1.165, 1.54) is 6.33 Å². The average molecular weight is 302 g/mol. The van der Waals surface area contributed by atoms with E-state index in [2.05, 4.69) is 35.9 Å². The SMILES string of the molecule is Nc1nc(-c2cncnc2)nc2ccc(Br)cc12. The molecule has 0 saturated carbocycles. The molecule has 0 bridgehead atoms. The van der Waals surface area contributed by atoms with Crippen molar-refractivity contribution in [3.05, 3.63) is 41.4 Å². The van der Waals surface area contributed by atoms with Gasteiger partial charge in [-0.15, -0.1) is 0 Å². The average Bonchev–Trinajstić information content (AvgIpc) is 2.40. The van der Waals surface area contributed by atoms with Crippen LogP contribution in [0.2, 0.25) is 0 Å². The molecular weight excluding hydrogens is 294 g/mol. The largest absolute Gasteiger partial charge is 0.383 e. The van der Waals surface area contributed by atoms with Gasteiger partial charge in [0, 0.05) is 22.3 Å². The number of hydrogen-bond acceptors (Lipinski definition) is 5. The molecule has 0 atom stereocenters. The van der Waals surface area contributed by atoms with Gasteiger partial charge in [-0.2, -0.15) is 0 Å². The number of fused-ring (bicyclic) bond motifs is 1. The number of aromatic nitrogens is 4. The first kappa shape index (κ1) is 11.0. The quantitative estimate of drug-likeness (QED) is 0.747. The lowest BCUT2D eigenvalue weighted by atomic mass is 10.2. The number of nitrogen functional groups attached to an aromatic ring is 1. The van der Waals surface area contributed by atoms with E-state index in [4.69, 9.17) is 5.73 Å². The molecule has 18 heavy (non-hydrogen) atoms. The molecule has 1 aromatic carbocycles. The van der Waals surface area contributed by atoms with E-state index in [1.807, 2.05) is 18.2 Å². The summed E-state index contributed by atoms with van der Waals surface area (Å²) in [6.07, 6.45) is 4.78. The van der Waals surface area contributed by atoms with Crippen LogP contribution in [0, 0.1) is 0 Å². The molecule has 6 heteroatoms. The van der Waals surface area contributed by atoms with Gasteiger partial charge in [0.25, 0.3) is 0 Å². The number of rotatable bonds is 1. The molecule has 0 spiro atoms. The van der Waals surface area contributed by atoms with Crippen LogP contribution in [0.15, 0.2) is 41.4 Å². The van der Waals surface area contributed by atoms with Crippen LogP contribution in [0.4, 0.5) is 5.82 Å². The minimum Gasteiger partial charge on any atom is -0.383 e. The zero-order chi connectivity index (χ0) is 12.5. The molecule has 5 nitrogen and oxygen atoms in total. The lowest BCUT2D eigenvalue weighted by Crippen LogP contribution is -1.98. The fraction of sp³-hybridized carbons (Fsp3) is 0. The highest BCUT2D eigenvalue weighted by Crippen LogP contribution is 2.25. The van der Waals surface area contributed by atoms with Crippen molar-refractivity contribution in [3.63, 3.8) is 0 Å². The number of nitrogens with zero attached hydrogens (tertiary/aromatic N) is 4. The van der Waals surface area contributed by atoms with Gasteiger partial charge in [0.15, 0.2) is 5.82 Å². The minimum atomic E-state index is 0.445. The summed E-state index contributed by atoms with van der Waals surface area (Å²) in [4.78, 5) is 16.6. The molecular formula is C12H8BrN5. The van der Waals surface area contributed by atoms with Crippen LogP contribution in [0.5, 0.6) is 0 Å². The maximum atomic E-state index is 5.95. The molecule has 0 saturated heterocycles. The van der Waals surface area contributed by atoms with E-state index in [1.54, 1.807) is 12.4 Å². The predicted molar refractivity (Wildman–Crippen MR) is 72.7 cm³/mol. The number of halogens is 1. The van der Waals surface area contributed by atoms with E-state index >= 15 is 0 Å². The highest BCUT2D eigenvalue weighted by Gasteiger charge is 2.07. The number of hydrogen-bond donors (Lipinski definition) is 1. The van der Waals surface area contributed by atoms with Gasteiger partial charge in [-0.3, -0.25) is 0 Å². The maximum absolute atomic E-state index is 5.95. The standard InChI is InChI=1S/C12H8BrN5/c13-8-1-2-10-9(3-8)11(14)18-12(17-10)7-4-15-6-16-5-7/h1-6H,(H2,14,17,18). The third-order valence-corrected chi connectivity index (χ3v) is 3.00. The van der Waals surface area contributed by atoms with E-state index in [0.29, 0.717) is 11.6 Å². The van der Waals surface area contributed by atoms with Gasteiger partial charge in [-0.05, 0) is 18.2 Å². The second-order valence-electron chi connectivity index (χ2n) is 3.72. The maximum Gasteiger partial charge on any atom is 0.165 e. The fourth-order valence-electron chi connectivity index (χ4n) is 1.67. The van der Waals surface area contributed by atoms with Gasteiger partial charge in [-0.25, -0.2) is 19.9 Å². The molecule has 0 aliphatic rings. The van der Waals surface area contributed by atoms with Crippen molar-refractivity contribution in [1.82, 2.24) is 19.9 Å². The van der Waals surface area contributed by atoms with Crippen LogP contribution < -0.4 is 5.73 Å². The molecule has 2 aromatic heterocycles. The van der Waals surface area contributed by atoms with Crippen LogP contribution in [0.3, 0.4) is 0 Å². The van der Waals surface area contributed by atoms with Gasteiger partial charge in [0.1, 0.15) is 12.1 Å². The normalized spacial score (nSPS) is 10.7. The lowest BCUT2D eigenvalue weighted by molar-refractivity contribution is 1.14. The molecule has 2 N–H and O–H groups in total. The Balaban J connectivity index is 2.25. The van der Waals surface area contributed by atoms with Crippen LogP contribution in [0.25, 0.3) is 22.3 Å². The first-order chi connectivity index (χ1) is 8.74. The molecule has 2 heterocycles. The molecule has 0 unspecified atom stereocenters. The van der Waals surface area contributed by atoms with Gasteiger partial charge in [0.2, 0.25) is 0 Å². The van der Waals surface area contributed by atoms with Crippen molar-refractivity contribution in [3.8, 4) is 11.4 Å². The molecule has 0 radical (unpaired) electrons. The first-order valence-electron chi connectivity index (χ1n) is 5.22. The highest BCUT2D eigenvalue weighted by atomic mass is 79.9. The summed E-state index contributed by atoms with van der Waals surface area (Å²) in [6.45, 7) is 0. The van der Waals surface area contributed by atoms with E-state index in [-0.39, 0.29) is 0 Å². The van der Waals surface area contributed by atoms with Gasteiger partial charge in [0.05, 0.1) is 11.1 Å². The molecule has 0 amide bonds. The van der Waals surface area contributed by atoms with Crippen LogP contribution in [0.1, 0.15) is 0 Å². The number of anilines is 1. The molecule has 3 aromatic rings. The Morgan fingerprint density at radius 1 is 1.06 bits per heavy atom. The van der Waals surface area contributed by atoms with E-state index < -0.39 is 0 Å². The van der Waals surface area contributed by atoms with Gasteiger partial charge < -0.3 is 5.73 Å². The summed E-state index contributed by atoms with van der Waals surface area (Å²) in [7, 11) is 0. The Kier molecular flexibility index (Phi) is 2.64. The highest BCUT2D eigenvalue weighted by molar-refractivity contribution is 9.10. The molecule has 3 rings (SSSR count). The summed E-state index contributed by atoms with van der Waals surface area (Å²) in [6, 6.07) is 5.71. The monoisotopic (exact) mass is 301 g/mol. The van der Waals surface area contributed by atoms with Crippen molar-refractivity contribution in [2.75, 3.05) is 5.73 Å². The first-order valence-corrected chi connectivity index (χ1v) is 6.01. The van der Waals surface area contributed by atoms with E-state index in [0.717, 1.165) is 20.9 Å². The van der Waals surface area contributed by atoms with Crippen molar-refractivity contribution in [2.45, 2.75) is 0 Å². The Labute approximate surface area is 111 Å². The van der Waals surface area contributed by atoms with Crippen molar-refractivity contribution < 1.29 is 0 Å². The fourth-order valence-corrected chi connectivity index (χ4v) is 2.03. The Hall–Kier alpha value is -2.08. The van der Waals surface area contributed by atoms with Crippen LogP contribution in [-0.4, -0.2) is 19.9 Å². The zero-order valence-electron chi connectivity index (χ0n) is 9.21. The summed E-state index contributed by atoms with van der Waals surface area (Å²) in [5.74, 6) is 0.975. The summed E-state index contributed by atoms with van der Waals surface area (Å²) in [5.41, 5.74) is 7.49. The summed E-state index contributed by atoms with van der Waals surface area (Å²) in [5, 5.41) is 0.824. The molecule has 0 aliphatic heterocycles. The topological polar surface area (TPSA) is 77.6 Å². The van der Waals surface area contributed by atoms with E-state index in [9.17, 15) is 0 Å². The van der Waals surface area contributed by atoms with Crippen molar-refractivity contribution >= 4 is 32.7 Å². The van der Waals surface area contributed by atoms with Crippen LogP contribution >= 0.6 is 15.9 Å². The molecule has 0 fully saturated rings. The summed E-state index contributed by atoms with van der Waals surface area (Å²) < 4.78 is 0.945. The third-order valence-electron chi connectivity index (χ3n) is 2.51. The Morgan fingerprint density at radius 2 is 1.83 bits per heavy atom. The van der Waals surface area contributed by atoms with Gasteiger partial charge in [-0.1, -0.05) is 15.9 Å². The smallest absolute Gasteiger partial charge is 0.165 e. The lowest BCUT2D eigenvalue weighted by Gasteiger charge is -2.05. The van der Waals surface area contributed by atoms with Gasteiger partial charge >= 0.3 is 0 Å². The minimum absolute atomic E-state index is 0.445. The number of benzene rings is 1. The molecule has 0 aliphatic carbocycles. The van der Waals surface area contributed by atoms with Crippen molar-refractivity contribution in [2.24, 2.45) is 0 Å². The summed E-state index contributed by atoms with van der Waals surface area (Å²) >= 11 is 3.40. The van der Waals surface area contributed by atoms with Crippen molar-refractivity contribution in [1.29, 1.82) is 0 Å². The second-order valence-corrected chi connectivity index (χ2v) is 4.64. The Bertz CT molecular complexity index is 714. The molecule has 88 valence electrons. The van der Waals surface area contributed by atoms with Crippen LogP contribution in [-0.2, 0) is 0 Å². The predicted octanol–water partition coefficient (Wildman–Crippen LogP) is 2.43. The Morgan fingerprint density at radius 3 is 2.61 bits per heavy atom. The number of nitrogens with two attached hydrogens (primary N) is 1. The zero-order valence-corrected chi connectivity index (χ0v) is 10.8. The second kappa shape index (κ2) is 4.30.